The van der Waals surface area contributed by atoms with E-state index in [-0.39, 0.29) is 47.9 Å². The first kappa shape index (κ1) is 40.6. The van der Waals surface area contributed by atoms with Crippen molar-refractivity contribution in [2.45, 2.75) is 100 Å². The van der Waals surface area contributed by atoms with Crippen molar-refractivity contribution in [3.05, 3.63) is 101 Å². The van der Waals surface area contributed by atoms with E-state index in [1.165, 1.54) is 52.5 Å². The minimum atomic E-state index is -0.337. The van der Waals surface area contributed by atoms with Gasteiger partial charge in [-0.15, -0.1) is 51.8 Å². The summed E-state index contributed by atoms with van der Waals surface area (Å²) in [6.07, 6.45) is 6.68. The number of benzene rings is 3. The first-order chi connectivity index (χ1) is 23.7. The van der Waals surface area contributed by atoms with Crippen LogP contribution in [0.3, 0.4) is 0 Å². The number of allylic oxidation sites excluding steroid dienone is 2. The van der Waals surface area contributed by atoms with Crippen LogP contribution in [0.15, 0.2) is 84.8 Å². The molecule has 0 fully saturated rings. The van der Waals surface area contributed by atoms with Gasteiger partial charge in [0.25, 0.3) is 0 Å². The average Bonchev–Trinajstić information content (AvgIpc) is 3.72. The number of carbonyl (C=O) groups excluding carboxylic acids is 1. The van der Waals surface area contributed by atoms with Gasteiger partial charge in [0, 0.05) is 68.1 Å². The Bertz CT molecular complexity index is 2170. The van der Waals surface area contributed by atoms with Crippen LogP contribution < -0.4 is 0 Å². The van der Waals surface area contributed by atoms with Crippen LogP contribution in [0.4, 0.5) is 0 Å². The second kappa shape index (κ2) is 16.3. The maximum Gasteiger partial charge on any atom is 0.164 e. The fraction of sp³-hybridized carbons (Fsp3) is 0.378. The van der Waals surface area contributed by atoms with Crippen LogP contribution in [-0.2, 0) is 30.3 Å². The summed E-state index contributed by atoms with van der Waals surface area (Å²) in [6, 6.07) is 28.0. The monoisotopic (exact) mass is 895 g/mol. The number of aryl methyl sites for hydroxylation is 1. The minimum absolute atomic E-state index is 0. The van der Waals surface area contributed by atoms with E-state index < -0.39 is 0 Å². The third kappa shape index (κ3) is 8.57. The van der Waals surface area contributed by atoms with Gasteiger partial charge in [-0.2, -0.15) is 0 Å². The molecule has 0 spiro atoms. The van der Waals surface area contributed by atoms with Crippen LogP contribution >= 0.6 is 22.7 Å². The predicted molar refractivity (Wildman–Crippen MR) is 219 cm³/mol. The van der Waals surface area contributed by atoms with Crippen molar-refractivity contribution in [2.75, 3.05) is 0 Å². The normalized spacial score (nSPS) is 12.5. The zero-order valence-corrected chi connectivity index (χ0v) is 35.8. The average molecular weight is 895 g/mol. The van der Waals surface area contributed by atoms with Crippen molar-refractivity contribution < 1.29 is 30.0 Å². The van der Waals surface area contributed by atoms with Gasteiger partial charge < -0.3 is 5.11 Å². The summed E-state index contributed by atoms with van der Waals surface area (Å²) >= 11 is 3.68. The number of hydrogen-bond acceptors (Lipinski definition) is 5. The van der Waals surface area contributed by atoms with Gasteiger partial charge in [-0.3, -0.25) is 9.78 Å². The Labute approximate surface area is 326 Å². The number of aliphatic hydroxyl groups excluding tert-OH is 1. The Morgan fingerprint density at radius 3 is 2.14 bits per heavy atom. The Morgan fingerprint density at radius 2 is 1.49 bits per heavy atom. The van der Waals surface area contributed by atoms with Crippen molar-refractivity contribution in [3.63, 3.8) is 0 Å². The molecule has 1 radical (unpaired) electrons. The van der Waals surface area contributed by atoms with Gasteiger partial charge in [-0.1, -0.05) is 97.5 Å². The summed E-state index contributed by atoms with van der Waals surface area (Å²) < 4.78 is 2.57. The molecule has 51 heavy (non-hydrogen) atoms. The van der Waals surface area contributed by atoms with Crippen LogP contribution in [-0.4, -0.2) is 15.9 Å². The number of fused-ring (bicyclic) bond motifs is 3. The van der Waals surface area contributed by atoms with Crippen LogP contribution in [0, 0.1) is 23.8 Å². The number of aliphatic hydroxyl groups is 1. The van der Waals surface area contributed by atoms with Gasteiger partial charge in [0.2, 0.25) is 0 Å². The summed E-state index contributed by atoms with van der Waals surface area (Å²) in [5.41, 5.74) is 4.13. The number of hydrogen-bond donors (Lipinski definition) is 1. The van der Waals surface area contributed by atoms with Gasteiger partial charge in [0.05, 0.1) is 0 Å². The molecule has 0 unspecified atom stereocenters. The van der Waals surface area contributed by atoms with E-state index >= 15 is 0 Å². The molecular weight excluding hydrogens is 843 g/mol. The largest absolute Gasteiger partial charge is 0.512 e. The molecule has 0 saturated heterocycles. The van der Waals surface area contributed by atoms with Crippen molar-refractivity contribution in [3.8, 4) is 21.7 Å². The SMILES string of the molecule is CCC(C)(CC)C(=O)/C=C(\O)C(C)(CC)CC.Cc1cc2cc(-c3cc4ccnc(-c5[c-]c6ccccc6c(C(C)(C)C)c5)c4s3)ccc2s1.[Ir]. The van der Waals surface area contributed by atoms with E-state index in [1.807, 2.05) is 70.4 Å². The fourth-order valence-electron chi connectivity index (χ4n) is 6.29. The molecule has 271 valence electrons. The molecule has 3 nitrogen and oxygen atoms in total. The van der Waals surface area contributed by atoms with Gasteiger partial charge in [0.1, 0.15) is 5.76 Å². The third-order valence-electron chi connectivity index (χ3n) is 10.8. The molecule has 1 N–H and O–H groups in total. The number of rotatable bonds is 9. The quantitative estimate of drug-likeness (QED) is 0.0894. The number of carbonyl (C=O) groups is 1. The molecule has 6 aromatic rings. The molecule has 0 saturated carbocycles. The zero-order chi connectivity index (χ0) is 36.4. The van der Waals surface area contributed by atoms with Crippen LogP contribution in [0.2, 0.25) is 0 Å². The number of ketones is 1. The number of pyridine rings is 1. The molecule has 0 bridgehead atoms. The smallest absolute Gasteiger partial charge is 0.164 e. The van der Waals surface area contributed by atoms with Crippen LogP contribution in [0.1, 0.15) is 98.4 Å². The van der Waals surface area contributed by atoms with E-state index in [4.69, 9.17) is 4.98 Å². The van der Waals surface area contributed by atoms with E-state index in [0.717, 1.165) is 42.3 Å². The van der Waals surface area contributed by atoms with Crippen molar-refractivity contribution in [1.82, 2.24) is 4.98 Å². The molecule has 6 heteroatoms. The van der Waals surface area contributed by atoms with Gasteiger partial charge in [-0.05, 0) is 84.7 Å². The van der Waals surface area contributed by atoms with Crippen molar-refractivity contribution in [2.24, 2.45) is 10.8 Å². The van der Waals surface area contributed by atoms with Gasteiger partial charge in [-0.25, -0.2) is 0 Å². The van der Waals surface area contributed by atoms with E-state index in [9.17, 15) is 9.90 Å². The molecular formula is C45H52IrNO2S2-. The molecule has 3 heterocycles. The topological polar surface area (TPSA) is 50.2 Å². The first-order valence-corrected chi connectivity index (χ1v) is 19.6. The number of thiophene rings is 2. The molecule has 0 aliphatic heterocycles. The molecule has 3 aromatic carbocycles. The van der Waals surface area contributed by atoms with Crippen LogP contribution in [0.25, 0.3) is 52.6 Å². The first-order valence-electron chi connectivity index (χ1n) is 18.0. The van der Waals surface area contributed by atoms with Crippen molar-refractivity contribution in [1.29, 1.82) is 0 Å². The standard InChI is InChI=1S/C30H24NS2.C15H28O2.Ir/c1-18-13-22-15-20(9-10-26(22)32-18)27-17-21-11-12-31-28(29(21)33-27)23-14-19-7-5-6-8-24(19)25(16-23)30(2,3)4;1-7-14(5,8-2)12(16)11-13(17)15(6,9-3)10-4;/h5-13,15-17H,1-4H3;11,16H,7-10H2,1-6H3;/q-1;;/b;12-11-;. The zero-order valence-electron chi connectivity index (χ0n) is 31.8. The predicted octanol–water partition coefficient (Wildman–Crippen LogP) is 14.1. The van der Waals surface area contributed by atoms with E-state index in [1.54, 1.807) is 0 Å². The molecule has 0 amide bonds. The maximum absolute atomic E-state index is 12.2. The molecule has 3 aromatic heterocycles. The second-order valence-electron chi connectivity index (χ2n) is 15.1. The second-order valence-corrected chi connectivity index (χ2v) is 17.5. The van der Waals surface area contributed by atoms with Gasteiger partial charge in [0.15, 0.2) is 5.78 Å². The van der Waals surface area contributed by atoms with Crippen molar-refractivity contribution >= 4 is 59.4 Å². The van der Waals surface area contributed by atoms with Crippen LogP contribution in [0.5, 0.6) is 0 Å². The molecule has 0 aliphatic carbocycles. The molecule has 0 atom stereocenters. The summed E-state index contributed by atoms with van der Waals surface area (Å²) in [7, 11) is 0. The van der Waals surface area contributed by atoms with E-state index in [0.29, 0.717) is 0 Å². The van der Waals surface area contributed by atoms with Gasteiger partial charge >= 0.3 is 0 Å². The van der Waals surface area contributed by atoms with E-state index in [2.05, 4.69) is 100 Å². The minimum Gasteiger partial charge on any atom is -0.512 e. The summed E-state index contributed by atoms with van der Waals surface area (Å²) in [5.74, 6) is 0.286. The fourth-order valence-corrected chi connectivity index (χ4v) is 8.35. The summed E-state index contributed by atoms with van der Waals surface area (Å²) in [4.78, 5) is 19.7. The third-order valence-corrected chi connectivity index (χ3v) is 13.0. The summed E-state index contributed by atoms with van der Waals surface area (Å²) in [5, 5.41) is 15.1. The Kier molecular flexibility index (Phi) is 12.9. The Morgan fingerprint density at radius 1 is 0.824 bits per heavy atom. The Hall–Kier alpha value is -3.15. The number of nitrogens with zero attached hydrogens (tertiary/aromatic N) is 1. The number of aromatic nitrogens is 1. The molecule has 0 aliphatic rings. The Balaban J connectivity index is 0.000000279. The molecule has 6 rings (SSSR count). The summed E-state index contributed by atoms with van der Waals surface area (Å²) in [6.45, 7) is 21.1. The maximum atomic E-state index is 12.2.